The lowest BCUT2D eigenvalue weighted by atomic mass is 10.1. The van der Waals surface area contributed by atoms with Gasteiger partial charge in [0.2, 0.25) is 0 Å². The number of carboxylic acids is 1. The fourth-order valence-corrected chi connectivity index (χ4v) is 3.72. The molecular formula is C19H18F3N5O4S. The van der Waals surface area contributed by atoms with E-state index in [0.29, 0.717) is 23.5 Å². The molecule has 1 aliphatic heterocycles. The van der Waals surface area contributed by atoms with Crippen LogP contribution in [0.3, 0.4) is 0 Å². The first-order chi connectivity index (χ1) is 15.1. The summed E-state index contributed by atoms with van der Waals surface area (Å²) >= 11 is 1.52. The Bertz CT molecular complexity index is 1200. The molecule has 2 aromatic heterocycles. The Kier molecular flexibility index (Phi) is 6.89. The summed E-state index contributed by atoms with van der Waals surface area (Å²) in [4.78, 5) is 33.6. The molecule has 1 saturated heterocycles. The first-order valence-electron chi connectivity index (χ1n) is 9.28. The number of benzene rings is 1. The molecule has 1 aliphatic rings. The first kappa shape index (κ1) is 23.3. The van der Waals surface area contributed by atoms with Gasteiger partial charge < -0.3 is 20.3 Å². The third kappa shape index (κ3) is 5.29. The molecular weight excluding hydrogens is 451 g/mol. The second kappa shape index (κ2) is 9.44. The Balaban J connectivity index is 0.000000360. The summed E-state index contributed by atoms with van der Waals surface area (Å²) in [6.07, 6.45) is -5.08. The van der Waals surface area contributed by atoms with Crippen LogP contribution in [0, 0.1) is 0 Å². The maximum atomic E-state index is 12.5. The first-order valence-corrected chi connectivity index (χ1v) is 10.1. The second-order valence-electron chi connectivity index (χ2n) is 6.84. The van der Waals surface area contributed by atoms with E-state index in [1.54, 1.807) is 17.7 Å². The molecule has 1 fully saturated rings. The lowest BCUT2D eigenvalue weighted by molar-refractivity contribution is -0.192. The van der Waals surface area contributed by atoms with E-state index in [2.05, 4.69) is 20.8 Å². The average Bonchev–Trinajstić information content (AvgIpc) is 3.15. The highest BCUT2D eigenvalue weighted by molar-refractivity contribution is 7.11. The van der Waals surface area contributed by atoms with Gasteiger partial charge in [-0.25, -0.2) is 4.79 Å². The maximum absolute atomic E-state index is 12.5. The molecule has 0 spiro atoms. The van der Waals surface area contributed by atoms with Crippen LogP contribution in [0.2, 0.25) is 0 Å². The lowest BCUT2D eigenvalue weighted by Gasteiger charge is -2.23. The number of pyridine rings is 1. The average molecular weight is 469 g/mol. The van der Waals surface area contributed by atoms with Crippen LogP contribution in [-0.4, -0.2) is 51.0 Å². The summed E-state index contributed by atoms with van der Waals surface area (Å²) in [6.45, 7) is 2.16. The van der Waals surface area contributed by atoms with Crippen molar-refractivity contribution in [3.05, 3.63) is 56.3 Å². The summed E-state index contributed by atoms with van der Waals surface area (Å²) in [6, 6.07) is 8.63. The fraction of sp³-hybridized carbons (Fsp3) is 0.316. The number of rotatable bonds is 4. The molecule has 0 aliphatic carbocycles. The van der Waals surface area contributed by atoms with Crippen molar-refractivity contribution in [2.75, 3.05) is 13.1 Å². The molecule has 4 rings (SSSR count). The molecule has 0 unspecified atom stereocenters. The summed E-state index contributed by atoms with van der Waals surface area (Å²) in [5.74, 6) is -2.62. The van der Waals surface area contributed by atoms with Crippen molar-refractivity contribution in [1.29, 1.82) is 0 Å². The number of aromatic nitrogens is 3. The highest BCUT2D eigenvalue weighted by Crippen LogP contribution is 2.23. The quantitative estimate of drug-likeness (QED) is 0.530. The Morgan fingerprint density at radius 3 is 2.53 bits per heavy atom. The molecule has 0 bridgehead atoms. The molecule has 0 radical (unpaired) electrons. The number of aliphatic carboxylic acids is 1. The Morgan fingerprint density at radius 1 is 1.28 bits per heavy atom. The van der Waals surface area contributed by atoms with E-state index in [1.807, 2.05) is 18.2 Å². The number of carbonyl (C=O) groups excluding carboxylic acids is 1. The van der Waals surface area contributed by atoms with Crippen molar-refractivity contribution in [3.8, 4) is 0 Å². The third-order valence-corrected chi connectivity index (χ3v) is 5.73. The van der Waals surface area contributed by atoms with Crippen LogP contribution in [0.4, 0.5) is 13.2 Å². The van der Waals surface area contributed by atoms with Crippen LogP contribution in [-0.2, 0) is 18.4 Å². The zero-order valence-electron chi connectivity index (χ0n) is 16.6. The smallest absolute Gasteiger partial charge is 0.475 e. The van der Waals surface area contributed by atoms with Gasteiger partial charge in [-0.2, -0.15) is 13.2 Å². The SMILES string of the molecule is Cn1c(C(=O)NCc2nnc(C3CNC3)s2)cc(=O)c2ccccc21.O=C(O)C(F)(F)F. The van der Waals surface area contributed by atoms with E-state index in [4.69, 9.17) is 9.90 Å². The van der Waals surface area contributed by atoms with Crippen molar-refractivity contribution in [2.45, 2.75) is 18.6 Å². The van der Waals surface area contributed by atoms with Gasteiger partial charge in [-0.3, -0.25) is 9.59 Å². The van der Waals surface area contributed by atoms with E-state index in [1.165, 1.54) is 17.4 Å². The van der Waals surface area contributed by atoms with Crippen molar-refractivity contribution in [1.82, 2.24) is 25.4 Å². The van der Waals surface area contributed by atoms with Crippen molar-refractivity contribution in [3.63, 3.8) is 0 Å². The number of halogens is 3. The second-order valence-corrected chi connectivity index (χ2v) is 7.94. The number of carbonyl (C=O) groups is 2. The maximum Gasteiger partial charge on any atom is 0.490 e. The summed E-state index contributed by atoms with van der Waals surface area (Å²) in [5, 5.41) is 23.8. The van der Waals surface area contributed by atoms with E-state index >= 15 is 0 Å². The molecule has 3 aromatic rings. The zero-order valence-corrected chi connectivity index (χ0v) is 17.5. The van der Waals surface area contributed by atoms with Crippen molar-refractivity contribution in [2.24, 2.45) is 7.05 Å². The molecule has 1 amide bonds. The number of hydrogen-bond acceptors (Lipinski definition) is 7. The molecule has 170 valence electrons. The van der Waals surface area contributed by atoms with Crippen molar-refractivity contribution >= 4 is 34.1 Å². The zero-order chi connectivity index (χ0) is 23.5. The number of amides is 1. The molecule has 13 heteroatoms. The fourth-order valence-electron chi connectivity index (χ4n) is 2.83. The lowest BCUT2D eigenvalue weighted by Crippen LogP contribution is -2.39. The van der Waals surface area contributed by atoms with E-state index < -0.39 is 12.1 Å². The van der Waals surface area contributed by atoms with Gasteiger partial charge in [-0.1, -0.05) is 23.5 Å². The van der Waals surface area contributed by atoms with Gasteiger partial charge in [0.25, 0.3) is 5.91 Å². The highest BCUT2D eigenvalue weighted by atomic mass is 32.1. The highest BCUT2D eigenvalue weighted by Gasteiger charge is 2.38. The normalized spacial score (nSPS) is 13.8. The topological polar surface area (TPSA) is 126 Å². The number of fused-ring (bicyclic) bond motifs is 1. The van der Waals surface area contributed by atoms with Gasteiger partial charge in [-0.05, 0) is 12.1 Å². The monoisotopic (exact) mass is 469 g/mol. The van der Waals surface area contributed by atoms with Gasteiger partial charge in [0.05, 0.1) is 12.1 Å². The number of para-hydroxylation sites is 1. The van der Waals surface area contributed by atoms with Crippen LogP contribution < -0.4 is 16.1 Å². The number of hydrogen-bond donors (Lipinski definition) is 3. The van der Waals surface area contributed by atoms with Gasteiger partial charge >= 0.3 is 12.1 Å². The number of carboxylic acid groups (broad SMARTS) is 1. The van der Waals surface area contributed by atoms with Crippen LogP contribution in [0.5, 0.6) is 0 Å². The van der Waals surface area contributed by atoms with Crippen LogP contribution >= 0.6 is 11.3 Å². The van der Waals surface area contributed by atoms with Crippen LogP contribution in [0.15, 0.2) is 35.1 Å². The summed E-state index contributed by atoms with van der Waals surface area (Å²) in [5.41, 5.74) is 0.905. The molecule has 32 heavy (non-hydrogen) atoms. The standard InChI is InChI=1S/C17H17N5O2S.C2HF3O2/c1-22-12-5-3-2-4-11(12)14(23)6-13(22)16(24)19-9-15-20-21-17(25-15)10-7-18-8-10;3-2(4,5)1(6)7/h2-6,10,18H,7-9H2,1H3,(H,19,24);(H,6,7). The van der Waals surface area contributed by atoms with E-state index in [-0.39, 0.29) is 11.3 Å². The predicted octanol–water partition coefficient (Wildman–Crippen LogP) is 1.64. The largest absolute Gasteiger partial charge is 0.490 e. The van der Waals surface area contributed by atoms with E-state index in [9.17, 15) is 22.8 Å². The molecule has 3 N–H and O–H groups in total. The molecule has 9 nitrogen and oxygen atoms in total. The minimum atomic E-state index is -5.08. The van der Waals surface area contributed by atoms with Gasteiger partial charge in [0.1, 0.15) is 15.7 Å². The minimum Gasteiger partial charge on any atom is -0.475 e. The number of alkyl halides is 3. The minimum absolute atomic E-state index is 0.158. The van der Waals surface area contributed by atoms with Crippen LogP contribution in [0.1, 0.15) is 26.4 Å². The van der Waals surface area contributed by atoms with E-state index in [0.717, 1.165) is 28.6 Å². The number of aryl methyl sites for hydroxylation is 1. The summed E-state index contributed by atoms with van der Waals surface area (Å²) < 4.78 is 33.5. The number of nitrogens with zero attached hydrogens (tertiary/aromatic N) is 3. The Hall–Kier alpha value is -3.32. The predicted molar refractivity (Wildman–Crippen MR) is 110 cm³/mol. The molecule has 1 aromatic carbocycles. The Labute approximate surface area is 182 Å². The molecule has 3 heterocycles. The molecule has 0 saturated carbocycles. The van der Waals surface area contributed by atoms with Gasteiger partial charge in [0.15, 0.2) is 5.43 Å². The van der Waals surface area contributed by atoms with Crippen LogP contribution in [0.25, 0.3) is 10.9 Å². The van der Waals surface area contributed by atoms with Gasteiger partial charge in [0, 0.05) is 37.5 Å². The summed E-state index contributed by atoms with van der Waals surface area (Å²) in [7, 11) is 1.78. The number of nitrogens with one attached hydrogen (secondary N) is 2. The Morgan fingerprint density at radius 2 is 1.94 bits per heavy atom. The molecule has 0 atom stereocenters. The van der Waals surface area contributed by atoms with Crippen molar-refractivity contribution < 1.29 is 27.9 Å². The third-order valence-electron chi connectivity index (χ3n) is 4.65. The van der Waals surface area contributed by atoms with Gasteiger partial charge in [-0.15, -0.1) is 10.2 Å².